The molecule has 5 heteroatoms. The van der Waals surface area contributed by atoms with Crippen LogP contribution in [0.15, 0.2) is 42.5 Å². The number of ether oxygens (including phenoxy) is 2. The number of methoxy groups -OCH3 is 2. The van der Waals surface area contributed by atoms with Crippen molar-refractivity contribution in [2.45, 2.75) is 32.6 Å². The number of anilines is 2. The molecule has 28 heavy (non-hydrogen) atoms. The van der Waals surface area contributed by atoms with E-state index in [1.807, 2.05) is 37.3 Å². The molecule has 1 saturated heterocycles. The molecule has 0 bridgehead atoms. The number of hydrogen-bond acceptors (Lipinski definition) is 4. The monoisotopic (exact) mass is 382 g/mol. The van der Waals surface area contributed by atoms with Crippen LogP contribution in [-0.4, -0.2) is 33.2 Å². The van der Waals surface area contributed by atoms with E-state index in [2.05, 4.69) is 22.3 Å². The molecule has 150 valence electrons. The van der Waals surface area contributed by atoms with Crippen molar-refractivity contribution < 1.29 is 14.3 Å². The van der Waals surface area contributed by atoms with Crippen LogP contribution in [0.5, 0.6) is 11.5 Å². The van der Waals surface area contributed by atoms with Crippen LogP contribution < -0.4 is 19.7 Å². The lowest BCUT2D eigenvalue weighted by Gasteiger charge is -2.28. The highest BCUT2D eigenvalue weighted by molar-refractivity contribution is 5.92. The second kappa shape index (κ2) is 9.49. The Hall–Kier alpha value is -2.69. The van der Waals surface area contributed by atoms with Crippen LogP contribution in [0.3, 0.4) is 0 Å². The highest BCUT2D eigenvalue weighted by Crippen LogP contribution is 2.29. The van der Waals surface area contributed by atoms with Crippen molar-refractivity contribution >= 4 is 17.3 Å². The molecule has 1 aliphatic heterocycles. The standard InChI is InChI=1S/C23H30N2O3/c1-17(15-18-7-12-21(27-2)22(16-18)28-3)23(26)24-19-8-10-20(11-9-19)25-13-5-4-6-14-25/h7-12,16-17H,4-6,13-15H2,1-3H3,(H,24,26). The van der Waals surface area contributed by atoms with Gasteiger partial charge in [0.1, 0.15) is 0 Å². The van der Waals surface area contributed by atoms with Crippen LogP contribution >= 0.6 is 0 Å². The van der Waals surface area contributed by atoms with Gasteiger partial charge in [-0.3, -0.25) is 4.79 Å². The Morgan fingerprint density at radius 2 is 1.68 bits per heavy atom. The lowest BCUT2D eigenvalue weighted by molar-refractivity contribution is -0.119. The molecule has 0 saturated carbocycles. The summed E-state index contributed by atoms with van der Waals surface area (Å²) in [7, 11) is 3.23. The topological polar surface area (TPSA) is 50.8 Å². The van der Waals surface area contributed by atoms with Crippen molar-refractivity contribution in [2.24, 2.45) is 5.92 Å². The molecule has 3 rings (SSSR count). The Bertz CT molecular complexity index is 783. The average molecular weight is 383 g/mol. The largest absolute Gasteiger partial charge is 0.493 e. The van der Waals surface area contributed by atoms with Gasteiger partial charge in [0, 0.05) is 30.4 Å². The Morgan fingerprint density at radius 1 is 1.00 bits per heavy atom. The van der Waals surface area contributed by atoms with E-state index in [4.69, 9.17) is 9.47 Å². The molecule has 0 aliphatic carbocycles. The lowest BCUT2D eigenvalue weighted by atomic mass is 10.00. The van der Waals surface area contributed by atoms with E-state index < -0.39 is 0 Å². The first-order valence-corrected chi connectivity index (χ1v) is 9.97. The first-order chi connectivity index (χ1) is 13.6. The molecule has 2 aromatic rings. The van der Waals surface area contributed by atoms with Crippen molar-refractivity contribution in [2.75, 3.05) is 37.5 Å². The van der Waals surface area contributed by atoms with Gasteiger partial charge in [-0.05, 0) is 67.6 Å². The number of carbonyl (C=O) groups excluding carboxylic acids is 1. The second-order valence-corrected chi connectivity index (χ2v) is 7.38. The number of amides is 1. The molecular formula is C23H30N2O3. The van der Waals surface area contributed by atoms with E-state index in [1.165, 1.54) is 24.9 Å². The van der Waals surface area contributed by atoms with Crippen LogP contribution in [-0.2, 0) is 11.2 Å². The number of nitrogens with zero attached hydrogens (tertiary/aromatic N) is 1. The molecule has 1 heterocycles. The average Bonchev–Trinajstić information content (AvgIpc) is 2.74. The maximum Gasteiger partial charge on any atom is 0.227 e. The quantitative estimate of drug-likeness (QED) is 0.765. The second-order valence-electron chi connectivity index (χ2n) is 7.38. The summed E-state index contributed by atoms with van der Waals surface area (Å²) in [5.74, 6) is 1.23. The minimum absolute atomic E-state index is 0.0144. The Labute approximate surface area is 167 Å². The van der Waals surface area contributed by atoms with Crippen LogP contribution in [0.1, 0.15) is 31.7 Å². The molecular weight excluding hydrogens is 352 g/mol. The Morgan fingerprint density at radius 3 is 2.32 bits per heavy atom. The first-order valence-electron chi connectivity index (χ1n) is 9.97. The third kappa shape index (κ3) is 4.97. The molecule has 1 aliphatic rings. The van der Waals surface area contributed by atoms with Gasteiger partial charge < -0.3 is 19.7 Å². The van der Waals surface area contributed by atoms with Crippen molar-refractivity contribution in [1.82, 2.24) is 0 Å². The molecule has 1 amide bonds. The molecule has 1 atom stereocenters. The van der Waals surface area contributed by atoms with Gasteiger partial charge in [0.05, 0.1) is 14.2 Å². The van der Waals surface area contributed by atoms with Crippen LogP contribution in [0.25, 0.3) is 0 Å². The predicted octanol–water partition coefficient (Wildman–Crippen LogP) is 4.51. The van der Waals surface area contributed by atoms with Gasteiger partial charge in [-0.2, -0.15) is 0 Å². The molecule has 1 unspecified atom stereocenters. The summed E-state index contributed by atoms with van der Waals surface area (Å²) in [5.41, 5.74) is 3.11. The van der Waals surface area contributed by atoms with E-state index >= 15 is 0 Å². The summed E-state index contributed by atoms with van der Waals surface area (Å²) < 4.78 is 10.6. The highest BCUT2D eigenvalue weighted by atomic mass is 16.5. The Balaban J connectivity index is 1.58. The van der Waals surface area contributed by atoms with Crippen molar-refractivity contribution in [3.8, 4) is 11.5 Å². The number of hydrogen-bond donors (Lipinski definition) is 1. The molecule has 0 aromatic heterocycles. The number of benzene rings is 2. The highest BCUT2D eigenvalue weighted by Gasteiger charge is 2.16. The SMILES string of the molecule is COc1ccc(CC(C)C(=O)Nc2ccc(N3CCCCC3)cc2)cc1OC. The summed E-state index contributed by atoms with van der Waals surface area (Å²) >= 11 is 0. The maximum absolute atomic E-state index is 12.6. The van der Waals surface area contributed by atoms with E-state index in [-0.39, 0.29) is 11.8 Å². The van der Waals surface area contributed by atoms with Gasteiger partial charge in [-0.1, -0.05) is 13.0 Å². The molecule has 0 radical (unpaired) electrons. The number of carbonyl (C=O) groups is 1. The lowest BCUT2D eigenvalue weighted by Crippen LogP contribution is -2.29. The van der Waals surface area contributed by atoms with Crippen LogP contribution in [0.2, 0.25) is 0 Å². The van der Waals surface area contributed by atoms with Crippen LogP contribution in [0.4, 0.5) is 11.4 Å². The van der Waals surface area contributed by atoms with Gasteiger partial charge in [0.15, 0.2) is 11.5 Å². The zero-order valence-electron chi connectivity index (χ0n) is 17.0. The van der Waals surface area contributed by atoms with E-state index in [1.54, 1.807) is 14.2 Å². The van der Waals surface area contributed by atoms with E-state index in [0.29, 0.717) is 17.9 Å². The third-order valence-corrected chi connectivity index (χ3v) is 5.29. The Kier molecular flexibility index (Phi) is 6.80. The minimum Gasteiger partial charge on any atom is -0.493 e. The summed E-state index contributed by atoms with van der Waals surface area (Å²) in [5, 5.41) is 3.03. The van der Waals surface area contributed by atoms with E-state index in [9.17, 15) is 4.79 Å². The van der Waals surface area contributed by atoms with Gasteiger partial charge in [0.2, 0.25) is 5.91 Å². The first kappa shape index (κ1) is 20.1. The van der Waals surface area contributed by atoms with Crippen LogP contribution in [0, 0.1) is 5.92 Å². The molecule has 5 nitrogen and oxygen atoms in total. The fourth-order valence-corrected chi connectivity index (χ4v) is 3.63. The number of nitrogens with one attached hydrogen (secondary N) is 1. The number of rotatable bonds is 7. The summed E-state index contributed by atoms with van der Waals surface area (Å²) in [6.07, 6.45) is 4.47. The predicted molar refractivity (Wildman–Crippen MR) is 114 cm³/mol. The molecule has 2 aromatic carbocycles. The van der Waals surface area contributed by atoms with E-state index in [0.717, 1.165) is 24.3 Å². The zero-order chi connectivity index (χ0) is 19.9. The number of piperidine rings is 1. The van der Waals surface area contributed by atoms with Crippen molar-refractivity contribution in [3.63, 3.8) is 0 Å². The molecule has 1 fully saturated rings. The smallest absolute Gasteiger partial charge is 0.227 e. The molecule has 1 N–H and O–H groups in total. The van der Waals surface area contributed by atoms with Crippen molar-refractivity contribution in [1.29, 1.82) is 0 Å². The summed E-state index contributed by atoms with van der Waals surface area (Å²) in [6.45, 7) is 4.18. The fourth-order valence-electron chi connectivity index (χ4n) is 3.63. The summed E-state index contributed by atoms with van der Waals surface area (Å²) in [6, 6.07) is 13.9. The van der Waals surface area contributed by atoms with Gasteiger partial charge in [0.25, 0.3) is 0 Å². The normalized spacial score (nSPS) is 15.0. The van der Waals surface area contributed by atoms with Crippen molar-refractivity contribution in [3.05, 3.63) is 48.0 Å². The third-order valence-electron chi connectivity index (χ3n) is 5.29. The zero-order valence-corrected chi connectivity index (χ0v) is 17.0. The minimum atomic E-state index is -0.153. The van der Waals surface area contributed by atoms with Gasteiger partial charge in [-0.15, -0.1) is 0 Å². The van der Waals surface area contributed by atoms with Gasteiger partial charge in [-0.25, -0.2) is 0 Å². The maximum atomic E-state index is 12.6. The fraction of sp³-hybridized carbons (Fsp3) is 0.435. The van der Waals surface area contributed by atoms with Gasteiger partial charge >= 0.3 is 0 Å². The molecule has 0 spiro atoms. The summed E-state index contributed by atoms with van der Waals surface area (Å²) in [4.78, 5) is 15.0.